The molecule has 1 heterocycles. The van der Waals surface area contributed by atoms with Crippen molar-refractivity contribution in [1.29, 1.82) is 0 Å². The molecule has 0 amide bonds. The fourth-order valence-corrected chi connectivity index (χ4v) is 2.04. The molecule has 0 spiro atoms. The van der Waals surface area contributed by atoms with Gasteiger partial charge in [0.05, 0.1) is 18.5 Å². The zero-order valence-corrected chi connectivity index (χ0v) is 13.3. The summed E-state index contributed by atoms with van der Waals surface area (Å²) in [6.07, 6.45) is -2.65. The quantitative estimate of drug-likeness (QED) is 0.765. The summed E-state index contributed by atoms with van der Waals surface area (Å²) in [6, 6.07) is 5.05. The van der Waals surface area contributed by atoms with E-state index in [0.29, 0.717) is 16.0 Å². The first-order valence-electron chi connectivity index (χ1n) is 6.28. The Hall–Kier alpha value is -1.83. The van der Waals surface area contributed by atoms with E-state index in [2.05, 4.69) is 25.9 Å². The molecule has 1 aromatic carbocycles. The van der Waals surface area contributed by atoms with Gasteiger partial charge in [0.2, 0.25) is 5.82 Å². The monoisotopic (exact) mass is 376 g/mol. The summed E-state index contributed by atoms with van der Waals surface area (Å²) >= 11 is 3.31. The van der Waals surface area contributed by atoms with Crippen LogP contribution in [-0.2, 0) is 6.18 Å². The highest BCUT2D eigenvalue weighted by molar-refractivity contribution is 9.10. The van der Waals surface area contributed by atoms with Crippen molar-refractivity contribution in [2.24, 2.45) is 0 Å². The molecule has 118 valence electrons. The topological polar surface area (TPSA) is 44.2 Å². The molecule has 4 nitrogen and oxygen atoms in total. The van der Waals surface area contributed by atoms with Gasteiger partial charge in [-0.1, -0.05) is 15.9 Å². The third kappa shape index (κ3) is 4.59. The van der Waals surface area contributed by atoms with E-state index in [1.165, 1.54) is 0 Å². The van der Waals surface area contributed by atoms with Crippen LogP contribution in [0.15, 0.2) is 35.1 Å². The summed E-state index contributed by atoms with van der Waals surface area (Å²) in [5.41, 5.74) is 0. The van der Waals surface area contributed by atoms with E-state index in [-0.39, 0.29) is 11.9 Å². The molecule has 0 N–H and O–H groups in total. The Bertz CT molecular complexity index is 646. The van der Waals surface area contributed by atoms with Gasteiger partial charge in [-0.05, 0) is 26.0 Å². The summed E-state index contributed by atoms with van der Waals surface area (Å²) in [6.45, 7) is 3.76. The van der Waals surface area contributed by atoms with E-state index in [0.717, 1.165) is 12.4 Å². The van der Waals surface area contributed by atoms with Gasteiger partial charge in [0.25, 0.3) is 0 Å². The van der Waals surface area contributed by atoms with Crippen LogP contribution in [0.1, 0.15) is 19.7 Å². The molecule has 0 fully saturated rings. The Balaban J connectivity index is 2.18. The highest BCUT2D eigenvalue weighted by atomic mass is 79.9. The molecule has 0 bridgehead atoms. The maximum Gasteiger partial charge on any atom is 0.451 e. The number of rotatable bonds is 4. The van der Waals surface area contributed by atoms with Crippen LogP contribution in [0.2, 0.25) is 0 Å². The molecule has 2 aromatic rings. The fraction of sp³-hybridized carbons (Fsp3) is 0.286. The molecule has 0 radical (unpaired) electrons. The maximum absolute atomic E-state index is 12.4. The summed E-state index contributed by atoms with van der Waals surface area (Å²) in [5, 5.41) is 0. The molecule has 0 aliphatic rings. The number of aromatic nitrogens is 2. The largest absolute Gasteiger partial charge is 0.491 e. The Morgan fingerprint density at radius 2 is 1.59 bits per heavy atom. The predicted molar refractivity (Wildman–Crippen MR) is 77.0 cm³/mol. The molecule has 1 aromatic heterocycles. The Morgan fingerprint density at radius 1 is 1.00 bits per heavy atom. The number of hydrogen-bond donors (Lipinski definition) is 0. The number of nitrogens with zero attached hydrogens (tertiary/aromatic N) is 2. The van der Waals surface area contributed by atoms with Crippen molar-refractivity contribution in [3.63, 3.8) is 0 Å². The van der Waals surface area contributed by atoms with Gasteiger partial charge in [-0.3, -0.25) is 0 Å². The SMILES string of the molecule is CC(C)Oc1cc(Br)cc(Oc2cnc(C(F)(F)F)nc2)c1. The van der Waals surface area contributed by atoms with Crippen LogP contribution in [0, 0.1) is 0 Å². The number of ether oxygens (including phenoxy) is 2. The third-order valence-electron chi connectivity index (χ3n) is 2.33. The van der Waals surface area contributed by atoms with Gasteiger partial charge in [0.1, 0.15) is 11.5 Å². The van der Waals surface area contributed by atoms with Crippen LogP contribution in [0.4, 0.5) is 13.2 Å². The Labute approximate surface area is 133 Å². The van der Waals surface area contributed by atoms with Crippen LogP contribution in [0.5, 0.6) is 17.2 Å². The van der Waals surface area contributed by atoms with E-state index in [4.69, 9.17) is 9.47 Å². The van der Waals surface area contributed by atoms with E-state index in [1.54, 1.807) is 18.2 Å². The minimum atomic E-state index is -4.58. The number of benzene rings is 1. The molecule has 0 aliphatic carbocycles. The molecule has 0 saturated carbocycles. The van der Waals surface area contributed by atoms with Crippen LogP contribution in [0.25, 0.3) is 0 Å². The molecule has 22 heavy (non-hydrogen) atoms. The average molecular weight is 377 g/mol. The third-order valence-corrected chi connectivity index (χ3v) is 2.79. The van der Waals surface area contributed by atoms with Crippen molar-refractivity contribution in [3.8, 4) is 17.2 Å². The summed E-state index contributed by atoms with van der Waals surface area (Å²) in [5.74, 6) is -0.139. The predicted octanol–water partition coefficient (Wildman–Crippen LogP) is 4.84. The number of alkyl halides is 3. The zero-order chi connectivity index (χ0) is 16.3. The Kier molecular flexibility index (Phi) is 4.90. The lowest BCUT2D eigenvalue weighted by atomic mass is 10.3. The van der Waals surface area contributed by atoms with Gasteiger partial charge >= 0.3 is 6.18 Å². The smallest absolute Gasteiger partial charge is 0.451 e. The van der Waals surface area contributed by atoms with Crippen LogP contribution >= 0.6 is 15.9 Å². The van der Waals surface area contributed by atoms with Gasteiger partial charge < -0.3 is 9.47 Å². The summed E-state index contributed by atoms with van der Waals surface area (Å²) in [7, 11) is 0. The van der Waals surface area contributed by atoms with Gasteiger partial charge in [-0.2, -0.15) is 13.2 Å². The number of halogens is 4. The molecular formula is C14H12BrF3N2O2. The van der Waals surface area contributed by atoms with Gasteiger partial charge in [0.15, 0.2) is 5.75 Å². The minimum absolute atomic E-state index is 0.0171. The lowest BCUT2D eigenvalue weighted by Crippen LogP contribution is -2.10. The summed E-state index contributed by atoms with van der Waals surface area (Å²) in [4.78, 5) is 6.47. The second-order valence-electron chi connectivity index (χ2n) is 4.63. The fourth-order valence-electron chi connectivity index (χ4n) is 1.59. The van der Waals surface area contributed by atoms with Gasteiger partial charge in [0, 0.05) is 10.5 Å². The van der Waals surface area contributed by atoms with Gasteiger partial charge in [-0.25, -0.2) is 9.97 Å². The van der Waals surface area contributed by atoms with Crippen LogP contribution < -0.4 is 9.47 Å². The van der Waals surface area contributed by atoms with E-state index in [1.807, 2.05) is 13.8 Å². The van der Waals surface area contributed by atoms with Crippen molar-refractivity contribution in [3.05, 3.63) is 40.9 Å². The molecule has 0 aliphatic heterocycles. The summed E-state index contributed by atoms with van der Waals surface area (Å²) < 4.78 is 48.9. The average Bonchev–Trinajstić information content (AvgIpc) is 2.36. The highest BCUT2D eigenvalue weighted by Crippen LogP contribution is 2.31. The van der Waals surface area contributed by atoms with E-state index < -0.39 is 12.0 Å². The van der Waals surface area contributed by atoms with Crippen LogP contribution in [0.3, 0.4) is 0 Å². The molecule has 0 saturated heterocycles. The lowest BCUT2D eigenvalue weighted by Gasteiger charge is -2.12. The van der Waals surface area contributed by atoms with E-state index in [9.17, 15) is 13.2 Å². The standard InChI is InChI=1S/C14H12BrF3N2O2/c1-8(2)21-10-3-9(15)4-11(5-10)22-12-6-19-13(20-7-12)14(16,17)18/h3-8H,1-2H3. The molecular weight excluding hydrogens is 365 g/mol. The first-order valence-corrected chi connectivity index (χ1v) is 7.07. The highest BCUT2D eigenvalue weighted by Gasteiger charge is 2.34. The Morgan fingerprint density at radius 3 is 2.14 bits per heavy atom. The van der Waals surface area contributed by atoms with Gasteiger partial charge in [-0.15, -0.1) is 0 Å². The second-order valence-corrected chi connectivity index (χ2v) is 5.55. The maximum atomic E-state index is 12.4. The normalized spacial score (nSPS) is 11.6. The van der Waals surface area contributed by atoms with Crippen molar-refractivity contribution in [2.75, 3.05) is 0 Å². The lowest BCUT2D eigenvalue weighted by molar-refractivity contribution is -0.145. The number of hydrogen-bond acceptors (Lipinski definition) is 4. The van der Waals surface area contributed by atoms with Crippen LogP contribution in [-0.4, -0.2) is 16.1 Å². The second kappa shape index (κ2) is 6.51. The molecule has 0 atom stereocenters. The zero-order valence-electron chi connectivity index (χ0n) is 11.7. The first kappa shape index (κ1) is 16.5. The van der Waals surface area contributed by atoms with Crippen molar-refractivity contribution < 1.29 is 22.6 Å². The molecule has 2 rings (SSSR count). The van der Waals surface area contributed by atoms with Crippen molar-refractivity contribution >= 4 is 15.9 Å². The molecule has 0 unspecified atom stereocenters. The first-order chi connectivity index (χ1) is 10.2. The molecule has 8 heteroatoms. The van der Waals surface area contributed by atoms with Crippen molar-refractivity contribution in [1.82, 2.24) is 9.97 Å². The van der Waals surface area contributed by atoms with Crippen molar-refractivity contribution in [2.45, 2.75) is 26.1 Å². The minimum Gasteiger partial charge on any atom is -0.491 e. The van der Waals surface area contributed by atoms with E-state index >= 15 is 0 Å².